The van der Waals surface area contributed by atoms with E-state index in [0.29, 0.717) is 23.9 Å². The Labute approximate surface area is 271 Å². The second-order valence-electron chi connectivity index (χ2n) is 13.2. The van der Waals surface area contributed by atoms with E-state index in [4.69, 9.17) is 9.05 Å². The van der Waals surface area contributed by atoms with Crippen LogP contribution in [-0.2, 0) is 18.4 Å². The highest BCUT2D eigenvalue weighted by Gasteiger charge is 2.28. The number of nitrogens with zero attached hydrogens (tertiary/aromatic N) is 1. The molecule has 9 heteroatoms. The number of unbranched alkanes of at least 4 members (excludes halogenated alkanes) is 14. The summed E-state index contributed by atoms with van der Waals surface area (Å²) in [6.45, 7) is 4.67. The van der Waals surface area contributed by atoms with E-state index in [1.807, 2.05) is 21.1 Å². The molecule has 0 bridgehead atoms. The van der Waals surface area contributed by atoms with Crippen LogP contribution in [-0.4, -0.2) is 73.4 Å². The summed E-state index contributed by atoms with van der Waals surface area (Å²) in [5.41, 5.74) is 0. The lowest BCUT2D eigenvalue weighted by molar-refractivity contribution is -0.870. The number of likely N-dealkylation sites (N-methyl/N-ethyl adjacent to an activating group) is 1. The molecular formula is C35H70N2O6P+. The summed E-state index contributed by atoms with van der Waals surface area (Å²) < 4.78 is 23.2. The Morgan fingerprint density at radius 3 is 1.86 bits per heavy atom. The van der Waals surface area contributed by atoms with Gasteiger partial charge in [0.25, 0.3) is 0 Å². The molecule has 0 aliphatic rings. The molecule has 0 aromatic rings. The number of hydrogen-bond donors (Lipinski definition) is 3. The number of phosphoric ester groups is 1. The first-order chi connectivity index (χ1) is 21.0. The number of aliphatic hydroxyl groups excluding tert-OH is 1. The lowest BCUT2D eigenvalue weighted by atomic mass is 10.0. The van der Waals surface area contributed by atoms with Crippen LogP contribution in [0.3, 0.4) is 0 Å². The highest BCUT2D eigenvalue weighted by molar-refractivity contribution is 7.47. The van der Waals surface area contributed by atoms with Crippen LogP contribution < -0.4 is 5.32 Å². The van der Waals surface area contributed by atoms with Crippen molar-refractivity contribution in [1.82, 2.24) is 5.32 Å². The molecule has 0 rings (SSSR count). The zero-order valence-corrected chi connectivity index (χ0v) is 30.0. The summed E-state index contributed by atoms with van der Waals surface area (Å²) in [6, 6.07) is -0.755. The first-order valence-electron chi connectivity index (χ1n) is 17.7. The van der Waals surface area contributed by atoms with Crippen molar-refractivity contribution in [3.05, 3.63) is 24.3 Å². The Bertz CT molecular complexity index is 784. The fourth-order valence-electron chi connectivity index (χ4n) is 4.78. The predicted molar refractivity (Wildman–Crippen MR) is 185 cm³/mol. The third kappa shape index (κ3) is 29.7. The van der Waals surface area contributed by atoms with E-state index in [2.05, 4.69) is 43.5 Å². The fraction of sp³-hybridized carbons (Fsp3) is 0.857. The van der Waals surface area contributed by atoms with Crippen LogP contribution in [0, 0.1) is 0 Å². The number of phosphoric acid groups is 1. The minimum absolute atomic E-state index is 0.0720. The number of nitrogens with one attached hydrogen (secondary N) is 1. The SMILES string of the molecule is CCCCC/C=C\C/C=C\CCCCCCCCCCCC(=O)NC(COP(=O)(O)OCC[N+](C)(C)C)C(O)CCCCC. The average molecular weight is 646 g/mol. The van der Waals surface area contributed by atoms with Gasteiger partial charge in [-0.05, 0) is 44.9 Å². The van der Waals surface area contributed by atoms with Crippen LogP contribution in [0.2, 0.25) is 0 Å². The maximum atomic E-state index is 12.6. The molecule has 0 aromatic carbocycles. The quantitative estimate of drug-likeness (QED) is 0.0302. The van der Waals surface area contributed by atoms with Crippen LogP contribution in [0.5, 0.6) is 0 Å². The van der Waals surface area contributed by atoms with Gasteiger partial charge >= 0.3 is 7.82 Å². The van der Waals surface area contributed by atoms with Crippen molar-refractivity contribution in [3.63, 3.8) is 0 Å². The monoisotopic (exact) mass is 645 g/mol. The standard InChI is InChI=1S/C35H69N2O6P/c1-6-8-10-11-12-13-14-15-16-17-18-19-20-21-22-23-24-25-27-29-35(39)36-33(34(38)28-26-9-7-2)32-43-44(40,41)42-31-30-37(3,4)5/h12-13,15-16,33-34,38H,6-11,14,17-32H2,1-5H3,(H-,36,39,40,41)/p+1/b13-12-,16-15-. The van der Waals surface area contributed by atoms with Crippen LogP contribution in [0.1, 0.15) is 142 Å². The summed E-state index contributed by atoms with van der Waals surface area (Å²) in [7, 11) is 1.60. The summed E-state index contributed by atoms with van der Waals surface area (Å²) in [4.78, 5) is 22.7. The molecule has 0 saturated carbocycles. The number of amides is 1. The zero-order chi connectivity index (χ0) is 32.9. The molecule has 1 amide bonds. The van der Waals surface area contributed by atoms with Crippen LogP contribution >= 0.6 is 7.82 Å². The van der Waals surface area contributed by atoms with E-state index in [1.165, 1.54) is 70.6 Å². The summed E-state index contributed by atoms with van der Waals surface area (Å²) in [5, 5.41) is 13.5. The molecule has 260 valence electrons. The Hall–Kier alpha value is -1.02. The van der Waals surface area contributed by atoms with Gasteiger partial charge in [0, 0.05) is 6.42 Å². The van der Waals surface area contributed by atoms with Crippen molar-refractivity contribution in [3.8, 4) is 0 Å². The van der Waals surface area contributed by atoms with E-state index in [9.17, 15) is 19.4 Å². The molecule has 0 spiro atoms. The van der Waals surface area contributed by atoms with Gasteiger partial charge in [-0.2, -0.15) is 0 Å². The van der Waals surface area contributed by atoms with Gasteiger partial charge in [-0.15, -0.1) is 0 Å². The van der Waals surface area contributed by atoms with E-state index in [1.54, 1.807) is 0 Å². The van der Waals surface area contributed by atoms with E-state index < -0.39 is 20.0 Å². The molecule has 3 N–H and O–H groups in total. The Morgan fingerprint density at radius 2 is 1.30 bits per heavy atom. The third-order valence-corrected chi connectivity index (χ3v) is 8.69. The van der Waals surface area contributed by atoms with Crippen molar-refractivity contribution in [2.75, 3.05) is 40.9 Å². The lowest BCUT2D eigenvalue weighted by Gasteiger charge is -2.26. The molecule has 0 radical (unpaired) electrons. The van der Waals surface area contributed by atoms with E-state index >= 15 is 0 Å². The molecule has 44 heavy (non-hydrogen) atoms. The van der Waals surface area contributed by atoms with Gasteiger partial charge in [0.15, 0.2) is 0 Å². The number of allylic oxidation sites excluding steroid dienone is 4. The maximum absolute atomic E-state index is 12.6. The van der Waals surface area contributed by atoms with Crippen molar-refractivity contribution >= 4 is 13.7 Å². The summed E-state index contributed by atoms with van der Waals surface area (Å²) in [5.74, 6) is -0.163. The lowest BCUT2D eigenvalue weighted by Crippen LogP contribution is -2.46. The van der Waals surface area contributed by atoms with Gasteiger partial charge in [-0.1, -0.05) is 115 Å². The predicted octanol–water partition coefficient (Wildman–Crippen LogP) is 8.63. The normalized spacial score (nSPS) is 15.2. The van der Waals surface area contributed by atoms with Gasteiger partial charge < -0.3 is 19.8 Å². The van der Waals surface area contributed by atoms with Gasteiger partial charge in [0.2, 0.25) is 5.91 Å². The Balaban J connectivity index is 4.10. The van der Waals surface area contributed by atoms with Gasteiger partial charge in [-0.25, -0.2) is 4.57 Å². The maximum Gasteiger partial charge on any atom is 0.472 e. The first-order valence-corrected chi connectivity index (χ1v) is 19.2. The molecule has 0 aromatic heterocycles. The minimum Gasteiger partial charge on any atom is -0.391 e. The van der Waals surface area contributed by atoms with E-state index in [0.717, 1.165) is 44.9 Å². The number of hydrogen-bond acceptors (Lipinski definition) is 5. The summed E-state index contributed by atoms with van der Waals surface area (Å²) in [6.07, 6.45) is 29.9. The largest absolute Gasteiger partial charge is 0.472 e. The smallest absolute Gasteiger partial charge is 0.391 e. The van der Waals surface area contributed by atoms with Crippen molar-refractivity contribution in [1.29, 1.82) is 0 Å². The molecule has 0 aliphatic carbocycles. The van der Waals surface area contributed by atoms with E-state index in [-0.39, 0.29) is 19.1 Å². The number of carbonyl (C=O) groups is 1. The number of aliphatic hydroxyl groups is 1. The van der Waals surface area contributed by atoms with Gasteiger partial charge in [-0.3, -0.25) is 13.8 Å². The molecule has 3 unspecified atom stereocenters. The Morgan fingerprint density at radius 1 is 0.773 bits per heavy atom. The van der Waals surface area contributed by atoms with Crippen molar-refractivity contribution in [2.24, 2.45) is 0 Å². The molecule has 3 atom stereocenters. The third-order valence-electron chi connectivity index (χ3n) is 7.70. The highest BCUT2D eigenvalue weighted by Crippen LogP contribution is 2.43. The molecule has 0 fully saturated rings. The zero-order valence-electron chi connectivity index (χ0n) is 29.1. The molecular weight excluding hydrogens is 575 g/mol. The van der Waals surface area contributed by atoms with Crippen molar-refractivity contribution < 1.29 is 32.9 Å². The number of carbonyl (C=O) groups excluding carboxylic acids is 1. The first kappa shape index (κ1) is 43.0. The van der Waals surface area contributed by atoms with Gasteiger partial charge in [0.05, 0.1) is 39.9 Å². The average Bonchev–Trinajstić information content (AvgIpc) is 2.95. The molecule has 0 heterocycles. The fourth-order valence-corrected chi connectivity index (χ4v) is 5.51. The molecule has 8 nitrogen and oxygen atoms in total. The van der Waals surface area contributed by atoms with Crippen LogP contribution in [0.15, 0.2) is 24.3 Å². The van der Waals surface area contributed by atoms with Crippen LogP contribution in [0.4, 0.5) is 0 Å². The second kappa shape index (κ2) is 28.2. The Kier molecular flexibility index (Phi) is 27.6. The topological polar surface area (TPSA) is 105 Å². The van der Waals surface area contributed by atoms with Gasteiger partial charge in [0.1, 0.15) is 13.2 Å². The minimum atomic E-state index is -4.28. The summed E-state index contributed by atoms with van der Waals surface area (Å²) >= 11 is 0. The number of rotatable bonds is 31. The highest BCUT2D eigenvalue weighted by atomic mass is 31.2. The van der Waals surface area contributed by atoms with Crippen molar-refractivity contribution in [2.45, 2.75) is 154 Å². The molecule has 0 aliphatic heterocycles. The van der Waals surface area contributed by atoms with Crippen LogP contribution in [0.25, 0.3) is 0 Å². The second-order valence-corrected chi connectivity index (χ2v) is 14.7. The number of quaternary nitrogens is 1. The molecule has 0 saturated heterocycles.